The molecule has 1 aromatic heterocycles. The summed E-state index contributed by atoms with van der Waals surface area (Å²) < 4.78 is 0. The van der Waals surface area contributed by atoms with Gasteiger partial charge in [0.2, 0.25) is 16.9 Å². The predicted molar refractivity (Wildman–Crippen MR) is 66.9 cm³/mol. The minimum absolute atomic E-state index is 0.0577. The molecular formula is C10H15N5O2S. The average Bonchev–Trinajstić information content (AvgIpc) is 2.89. The molecule has 2 rings (SSSR count). The predicted octanol–water partition coefficient (Wildman–Crippen LogP) is -0.326. The van der Waals surface area contributed by atoms with Crippen molar-refractivity contribution in [1.82, 2.24) is 15.1 Å². The van der Waals surface area contributed by atoms with E-state index in [1.165, 1.54) is 11.3 Å². The molecule has 3 N–H and O–H groups in total. The Balaban J connectivity index is 1.74. The summed E-state index contributed by atoms with van der Waals surface area (Å²) in [7, 11) is 0. The molecule has 0 aliphatic carbocycles. The van der Waals surface area contributed by atoms with Gasteiger partial charge < -0.3 is 11.1 Å². The number of hydrogen-bond donors (Lipinski definition) is 2. The van der Waals surface area contributed by atoms with Crippen molar-refractivity contribution in [2.45, 2.75) is 12.8 Å². The first-order chi connectivity index (χ1) is 8.63. The third-order valence-electron chi connectivity index (χ3n) is 2.83. The Hall–Kier alpha value is -1.54. The van der Waals surface area contributed by atoms with Crippen LogP contribution in [0.1, 0.15) is 12.8 Å². The van der Waals surface area contributed by atoms with Crippen LogP contribution >= 0.6 is 11.3 Å². The minimum atomic E-state index is -0.325. The maximum Gasteiger partial charge on any atom is 0.231 e. The number of likely N-dealkylation sites (tertiary alicyclic amines) is 1. The summed E-state index contributed by atoms with van der Waals surface area (Å²) in [5, 5.41) is 10.6. The van der Waals surface area contributed by atoms with Crippen molar-refractivity contribution in [2.75, 3.05) is 25.0 Å². The molecule has 7 nitrogen and oxygen atoms in total. The monoisotopic (exact) mass is 269 g/mol. The first kappa shape index (κ1) is 12.9. The van der Waals surface area contributed by atoms with Crippen molar-refractivity contribution in [2.24, 2.45) is 11.7 Å². The van der Waals surface area contributed by atoms with E-state index in [2.05, 4.69) is 15.5 Å². The number of nitrogens with two attached hydrogens (primary N) is 1. The number of rotatable bonds is 5. The number of amides is 2. The zero-order valence-corrected chi connectivity index (χ0v) is 10.7. The smallest absolute Gasteiger partial charge is 0.231 e. The Bertz CT molecular complexity index is 422. The largest absolute Gasteiger partial charge is 0.369 e. The SMILES string of the molecule is NC(=O)CN1CCC(CC(=O)Nc2nncs2)C1. The van der Waals surface area contributed by atoms with E-state index >= 15 is 0 Å². The van der Waals surface area contributed by atoms with E-state index in [0.717, 1.165) is 19.5 Å². The molecule has 1 unspecified atom stereocenters. The molecule has 2 amide bonds. The number of hydrogen-bond acceptors (Lipinski definition) is 6. The molecule has 1 aliphatic heterocycles. The van der Waals surface area contributed by atoms with Gasteiger partial charge in [-0.3, -0.25) is 14.5 Å². The quantitative estimate of drug-likeness (QED) is 0.762. The van der Waals surface area contributed by atoms with Gasteiger partial charge in [0, 0.05) is 13.0 Å². The van der Waals surface area contributed by atoms with E-state index in [9.17, 15) is 9.59 Å². The lowest BCUT2D eigenvalue weighted by molar-refractivity contribution is -0.118. The highest BCUT2D eigenvalue weighted by Gasteiger charge is 2.25. The summed E-state index contributed by atoms with van der Waals surface area (Å²) in [6, 6.07) is 0. The number of nitrogens with one attached hydrogen (secondary N) is 1. The zero-order valence-electron chi connectivity index (χ0n) is 9.83. The van der Waals surface area contributed by atoms with Gasteiger partial charge in [-0.25, -0.2) is 0 Å². The summed E-state index contributed by atoms with van der Waals surface area (Å²) >= 11 is 1.29. The van der Waals surface area contributed by atoms with Crippen LogP contribution in [0.4, 0.5) is 5.13 Å². The lowest BCUT2D eigenvalue weighted by Gasteiger charge is -2.13. The normalized spacial score (nSPS) is 19.9. The number of primary amides is 1. The number of aromatic nitrogens is 2. The van der Waals surface area contributed by atoms with Gasteiger partial charge in [-0.05, 0) is 18.9 Å². The summed E-state index contributed by atoms with van der Waals surface area (Å²) in [4.78, 5) is 24.5. The number of carbonyl (C=O) groups is 2. The van der Waals surface area contributed by atoms with Gasteiger partial charge in [-0.2, -0.15) is 0 Å². The summed E-state index contributed by atoms with van der Waals surface area (Å²) in [6.45, 7) is 1.83. The fourth-order valence-corrected chi connectivity index (χ4v) is 2.56. The van der Waals surface area contributed by atoms with Crippen LogP contribution in [0, 0.1) is 5.92 Å². The van der Waals surface area contributed by atoms with E-state index in [0.29, 0.717) is 11.6 Å². The second-order valence-electron chi connectivity index (χ2n) is 4.35. The zero-order chi connectivity index (χ0) is 13.0. The van der Waals surface area contributed by atoms with Crippen LogP contribution in [-0.4, -0.2) is 46.5 Å². The van der Waals surface area contributed by atoms with Crippen LogP contribution in [0.3, 0.4) is 0 Å². The van der Waals surface area contributed by atoms with Gasteiger partial charge in [0.25, 0.3) is 0 Å². The fourth-order valence-electron chi connectivity index (χ4n) is 2.10. The molecule has 1 aromatic rings. The van der Waals surface area contributed by atoms with Crippen molar-refractivity contribution in [3.63, 3.8) is 0 Å². The van der Waals surface area contributed by atoms with Gasteiger partial charge in [0.05, 0.1) is 6.54 Å². The van der Waals surface area contributed by atoms with Gasteiger partial charge in [-0.1, -0.05) is 11.3 Å². The molecule has 8 heteroatoms. The molecule has 18 heavy (non-hydrogen) atoms. The standard InChI is InChI=1S/C10H15N5O2S/c11-8(16)5-15-2-1-7(4-15)3-9(17)13-10-14-12-6-18-10/h6-7H,1-5H2,(H2,11,16)(H,13,14,17). The third kappa shape index (κ3) is 3.74. The van der Waals surface area contributed by atoms with Crippen LogP contribution < -0.4 is 11.1 Å². The summed E-state index contributed by atoms with van der Waals surface area (Å²) in [6.07, 6.45) is 1.35. The molecule has 1 saturated heterocycles. The molecule has 0 radical (unpaired) electrons. The maximum atomic E-state index is 11.7. The van der Waals surface area contributed by atoms with E-state index in [4.69, 9.17) is 5.73 Å². The molecule has 98 valence electrons. The lowest BCUT2D eigenvalue weighted by Crippen LogP contribution is -2.32. The van der Waals surface area contributed by atoms with Crippen molar-refractivity contribution < 1.29 is 9.59 Å². The number of nitrogens with zero attached hydrogens (tertiary/aromatic N) is 3. The van der Waals surface area contributed by atoms with E-state index in [-0.39, 0.29) is 24.3 Å². The van der Waals surface area contributed by atoms with Crippen molar-refractivity contribution in [1.29, 1.82) is 0 Å². The van der Waals surface area contributed by atoms with Crippen molar-refractivity contribution in [3.05, 3.63) is 5.51 Å². The van der Waals surface area contributed by atoms with Gasteiger partial charge in [0.15, 0.2) is 0 Å². The van der Waals surface area contributed by atoms with E-state index in [1.807, 2.05) is 4.90 Å². The second-order valence-corrected chi connectivity index (χ2v) is 5.19. The highest BCUT2D eigenvalue weighted by molar-refractivity contribution is 7.13. The van der Waals surface area contributed by atoms with Crippen LogP contribution in [0.25, 0.3) is 0 Å². The first-order valence-corrected chi connectivity index (χ1v) is 6.58. The third-order valence-corrected chi connectivity index (χ3v) is 3.44. The number of carbonyl (C=O) groups excluding carboxylic acids is 2. The maximum absolute atomic E-state index is 11.7. The summed E-state index contributed by atoms with van der Waals surface area (Å²) in [5.41, 5.74) is 6.70. The van der Waals surface area contributed by atoms with Crippen LogP contribution in [0.15, 0.2) is 5.51 Å². The molecule has 0 bridgehead atoms. The number of anilines is 1. The summed E-state index contributed by atoms with van der Waals surface area (Å²) in [5.74, 6) is -0.107. The van der Waals surface area contributed by atoms with Gasteiger partial charge in [0.1, 0.15) is 5.51 Å². The van der Waals surface area contributed by atoms with E-state index in [1.54, 1.807) is 5.51 Å². The fraction of sp³-hybridized carbons (Fsp3) is 0.600. The Morgan fingerprint density at radius 2 is 2.44 bits per heavy atom. The Labute approximate surface area is 108 Å². The van der Waals surface area contributed by atoms with E-state index < -0.39 is 0 Å². The molecule has 0 saturated carbocycles. The Kier molecular flexibility index (Phi) is 4.21. The highest BCUT2D eigenvalue weighted by atomic mass is 32.1. The molecule has 0 aromatic carbocycles. The molecule has 1 atom stereocenters. The average molecular weight is 269 g/mol. The van der Waals surface area contributed by atoms with Gasteiger partial charge >= 0.3 is 0 Å². The van der Waals surface area contributed by atoms with Crippen molar-refractivity contribution in [3.8, 4) is 0 Å². The van der Waals surface area contributed by atoms with Crippen LogP contribution in [0.2, 0.25) is 0 Å². The molecule has 1 aliphatic rings. The molecule has 1 fully saturated rings. The Morgan fingerprint density at radius 3 is 3.11 bits per heavy atom. The van der Waals surface area contributed by atoms with Gasteiger partial charge in [-0.15, -0.1) is 10.2 Å². The minimum Gasteiger partial charge on any atom is -0.369 e. The highest BCUT2D eigenvalue weighted by Crippen LogP contribution is 2.20. The second kappa shape index (κ2) is 5.87. The topological polar surface area (TPSA) is 101 Å². The van der Waals surface area contributed by atoms with Crippen molar-refractivity contribution >= 4 is 28.3 Å². The first-order valence-electron chi connectivity index (χ1n) is 5.70. The van der Waals surface area contributed by atoms with Crippen LogP contribution in [-0.2, 0) is 9.59 Å². The molecule has 0 spiro atoms. The molecule has 2 heterocycles. The molecular weight excluding hydrogens is 254 g/mol. The lowest BCUT2D eigenvalue weighted by atomic mass is 10.0. The Morgan fingerprint density at radius 1 is 1.61 bits per heavy atom. The van der Waals surface area contributed by atoms with Crippen LogP contribution in [0.5, 0.6) is 0 Å².